The summed E-state index contributed by atoms with van der Waals surface area (Å²) in [4.78, 5) is 17.1. The fourth-order valence-electron chi connectivity index (χ4n) is 5.52. The van der Waals surface area contributed by atoms with Crippen molar-refractivity contribution in [3.8, 4) is 11.1 Å². The highest BCUT2D eigenvalue weighted by Crippen LogP contribution is 2.37. The fourth-order valence-corrected chi connectivity index (χ4v) is 5.52. The second kappa shape index (κ2) is 9.29. The van der Waals surface area contributed by atoms with Crippen LogP contribution in [0.4, 0.5) is 0 Å². The van der Waals surface area contributed by atoms with Crippen molar-refractivity contribution >= 4 is 16.9 Å². The lowest BCUT2D eigenvalue weighted by atomic mass is 9.97. The number of hydrogen-bond acceptors (Lipinski definition) is 5. The Morgan fingerprint density at radius 2 is 2.09 bits per heavy atom. The summed E-state index contributed by atoms with van der Waals surface area (Å²) < 4.78 is 13.9. The Balaban J connectivity index is 1.53. The zero-order valence-electron chi connectivity index (χ0n) is 19.9. The van der Waals surface area contributed by atoms with Crippen LogP contribution in [0.15, 0.2) is 22.7 Å². The summed E-state index contributed by atoms with van der Waals surface area (Å²) in [5.41, 5.74) is 5.06. The van der Waals surface area contributed by atoms with Crippen molar-refractivity contribution in [2.24, 2.45) is 0 Å². The fraction of sp³-hybridized carbons (Fsp3) is 0.577. The van der Waals surface area contributed by atoms with Gasteiger partial charge in [0, 0.05) is 24.6 Å². The number of unbranched alkanes of at least 4 members (excludes halogenated alkanes) is 2. The number of ether oxygens (including phenoxy) is 1. The van der Waals surface area contributed by atoms with Crippen molar-refractivity contribution in [1.82, 2.24) is 20.0 Å². The normalized spacial score (nSPS) is 23.4. The standard InChI is InChI=1S/C26H34N4O3/c1-4-5-6-7-20-15-19(12-13-32-20)30-23-10-8-18(25-16(2)29-33-17(25)3)14-22(23)28-26(30)21-9-11-24(31)27-21/h8,10,14,19-21H,4-7,9,11-13,15H2,1-3H3,(H,27,31)/t19?,20?,21-/m0/s1. The SMILES string of the molecule is CCCCCC1CC(n2c([C@@H]3CCC(=O)N3)nc3cc(-c4c(C)noc4C)ccc32)CCO1. The van der Waals surface area contributed by atoms with Crippen LogP contribution in [0.25, 0.3) is 22.2 Å². The number of carbonyl (C=O) groups is 1. The lowest BCUT2D eigenvalue weighted by Gasteiger charge is -2.32. The molecule has 2 saturated heterocycles. The number of amides is 1. The number of aryl methyl sites for hydroxylation is 2. The van der Waals surface area contributed by atoms with Gasteiger partial charge in [0.05, 0.1) is 28.9 Å². The van der Waals surface area contributed by atoms with E-state index >= 15 is 0 Å². The van der Waals surface area contributed by atoms with E-state index in [0.29, 0.717) is 18.6 Å². The van der Waals surface area contributed by atoms with Crippen LogP contribution in [0, 0.1) is 13.8 Å². The zero-order valence-corrected chi connectivity index (χ0v) is 19.9. The summed E-state index contributed by atoms with van der Waals surface area (Å²) in [5, 5.41) is 7.26. The van der Waals surface area contributed by atoms with Gasteiger partial charge in [-0.3, -0.25) is 4.79 Å². The predicted octanol–water partition coefficient (Wildman–Crippen LogP) is 5.56. The number of nitrogens with one attached hydrogen (secondary N) is 1. The molecule has 2 aromatic heterocycles. The van der Waals surface area contributed by atoms with E-state index < -0.39 is 0 Å². The van der Waals surface area contributed by atoms with Crippen LogP contribution in [0.2, 0.25) is 0 Å². The Hall–Kier alpha value is -2.67. The Labute approximate surface area is 194 Å². The van der Waals surface area contributed by atoms with E-state index in [1.165, 1.54) is 19.3 Å². The molecule has 0 radical (unpaired) electrons. The van der Waals surface area contributed by atoms with Gasteiger partial charge in [0.2, 0.25) is 5.91 Å². The highest BCUT2D eigenvalue weighted by molar-refractivity contribution is 5.84. The topological polar surface area (TPSA) is 82.2 Å². The molecule has 2 aliphatic heterocycles. The van der Waals surface area contributed by atoms with Gasteiger partial charge in [-0.2, -0.15) is 0 Å². The highest BCUT2D eigenvalue weighted by atomic mass is 16.5. The molecule has 0 bridgehead atoms. The maximum atomic E-state index is 12.0. The molecule has 176 valence electrons. The number of rotatable bonds is 7. The first-order valence-corrected chi connectivity index (χ1v) is 12.4. The molecule has 0 spiro atoms. The minimum atomic E-state index is -0.0335. The van der Waals surface area contributed by atoms with E-state index in [4.69, 9.17) is 14.2 Å². The molecular formula is C26H34N4O3. The number of fused-ring (bicyclic) bond motifs is 1. The molecule has 1 N–H and O–H groups in total. The Morgan fingerprint density at radius 3 is 2.82 bits per heavy atom. The van der Waals surface area contributed by atoms with Crippen LogP contribution >= 0.6 is 0 Å². The first kappa shape index (κ1) is 22.1. The van der Waals surface area contributed by atoms with Gasteiger partial charge >= 0.3 is 0 Å². The summed E-state index contributed by atoms with van der Waals surface area (Å²) in [6, 6.07) is 6.74. The van der Waals surface area contributed by atoms with Crippen LogP contribution in [-0.2, 0) is 9.53 Å². The van der Waals surface area contributed by atoms with Crippen LogP contribution in [0.5, 0.6) is 0 Å². The molecule has 2 aliphatic rings. The molecule has 7 heteroatoms. The molecule has 2 unspecified atom stereocenters. The lowest BCUT2D eigenvalue weighted by molar-refractivity contribution is -0.119. The molecule has 7 nitrogen and oxygen atoms in total. The highest BCUT2D eigenvalue weighted by Gasteiger charge is 2.32. The number of nitrogens with zero attached hydrogens (tertiary/aromatic N) is 3. The maximum absolute atomic E-state index is 12.0. The van der Waals surface area contributed by atoms with E-state index in [9.17, 15) is 4.79 Å². The Morgan fingerprint density at radius 1 is 1.21 bits per heavy atom. The summed E-state index contributed by atoms with van der Waals surface area (Å²) in [6.07, 6.45) is 8.41. The molecule has 1 amide bonds. The summed E-state index contributed by atoms with van der Waals surface area (Å²) in [5.74, 6) is 1.90. The van der Waals surface area contributed by atoms with E-state index in [2.05, 4.69) is 40.2 Å². The number of benzene rings is 1. The van der Waals surface area contributed by atoms with Gasteiger partial charge in [0.15, 0.2) is 0 Å². The maximum Gasteiger partial charge on any atom is 0.220 e. The van der Waals surface area contributed by atoms with Crippen LogP contribution in [-0.4, -0.2) is 33.3 Å². The van der Waals surface area contributed by atoms with E-state index in [-0.39, 0.29) is 11.9 Å². The van der Waals surface area contributed by atoms with Gasteiger partial charge in [0.1, 0.15) is 11.6 Å². The van der Waals surface area contributed by atoms with Crippen LogP contribution < -0.4 is 5.32 Å². The monoisotopic (exact) mass is 450 g/mol. The van der Waals surface area contributed by atoms with Gasteiger partial charge in [-0.25, -0.2) is 4.98 Å². The van der Waals surface area contributed by atoms with Crippen molar-refractivity contribution < 1.29 is 14.1 Å². The molecule has 0 saturated carbocycles. The summed E-state index contributed by atoms with van der Waals surface area (Å²) in [7, 11) is 0. The van der Waals surface area contributed by atoms with E-state index in [0.717, 1.165) is 71.7 Å². The molecule has 5 rings (SSSR count). The minimum Gasteiger partial charge on any atom is -0.378 e. The molecule has 0 aliphatic carbocycles. The van der Waals surface area contributed by atoms with Crippen LogP contribution in [0.3, 0.4) is 0 Å². The molecule has 1 aromatic carbocycles. The Kier molecular flexibility index (Phi) is 6.23. The van der Waals surface area contributed by atoms with Crippen molar-refractivity contribution in [2.75, 3.05) is 6.61 Å². The Bertz CT molecular complexity index is 1130. The number of imidazole rings is 1. The molecule has 33 heavy (non-hydrogen) atoms. The molecular weight excluding hydrogens is 416 g/mol. The number of carbonyl (C=O) groups excluding carboxylic acids is 1. The van der Waals surface area contributed by atoms with Gasteiger partial charge < -0.3 is 19.1 Å². The van der Waals surface area contributed by atoms with Crippen molar-refractivity contribution in [1.29, 1.82) is 0 Å². The second-order valence-corrected chi connectivity index (χ2v) is 9.57. The average molecular weight is 451 g/mol. The van der Waals surface area contributed by atoms with Gasteiger partial charge in [-0.1, -0.05) is 37.4 Å². The summed E-state index contributed by atoms with van der Waals surface area (Å²) in [6.45, 7) is 6.92. The van der Waals surface area contributed by atoms with E-state index in [1.54, 1.807) is 0 Å². The first-order valence-electron chi connectivity index (χ1n) is 12.4. The average Bonchev–Trinajstić information content (AvgIpc) is 3.50. The third-order valence-electron chi connectivity index (χ3n) is 7.18. The molecule has 4 heterocycles. The van der Waals surface area contributed by atoms with Gasteiger partial charge in [-0.05, 0) is 57.2 Å². The van der Waals surface area contributed by atoms with Crippen LogP contribution in [0.1, 0.15) is 87.7 Å². The quantitative estimate of drug-likeness (QED) is 0.477. The van der Waals surface area contributed by atoms with Crippen molar-refractivity contribution in [3.63, 3.8) is 0 Å². The molecule has 3 atom stereocenters. The lowest BCUT2D eigenvalue weighted by Crippen LogP contribution is -2.30. The number of aromatic nitrogens is 3. The molecule has 2 fully saturated rings. The van der Waals surface area contributed by atoms with Crippen molar-refractivity contribution in [3.05, 3.63) is 35.5 Å². The first-order chi connectivity index (χ1) is 16.0. The predicted molar refractivity (Wildman–Crippen MR) is 127 cm³/mol. The van der Waals surface area contributed by atoms with Gasteiger partial charge in [-0.15, -0.1) is 0 Å². The van der Waals surface area contributed by atoms with Gasteiger partial charge in [0.25, 0.3) is 0 Å². The van der Waals surface area contributed by atoms with E-state index in [1.807, 2.05) is 13.8 Å². The number of hydrogen-bond donors (Lipinski definition) is 1. The smallest absolute Gasteiger partial charge is 0.220 e. The second-order valence-electron chi connectivity index (χ2n) is 9.57. The zero-order chi connectivity index (χ0) is 22.9. The minimum absolute atomic E-state index is 0.0335. The van der Waals surface area contributed by atoms with Crippen molar-refractivity contribution in [2.45, 2.75) is 90.3 Å². The third kappa shape index (κ3) is 4.31. The largest absolute Gasteiger partial charge is 0.378 e. The summed E-state index contributed by atoms with van der Waals surface area (Å²) >= 11 is 0. The molecule has 3 aromatic rings. The third-order valence-corrected chi connectivity index (χ3v) is 7.18.